The van der Waals surface area contributed by atoms with E-state index in [1.165, 1.54) is 0 Å². The Labute approximate surface area is 127 Å². The van der Waals surface area contributed by atoms with E-state index in [9.17, 15) is 4.79 Å². The molecular formula is C15H18BrN3O. The zero-order valence-electron chi connectivity index (χ0n) is 11.5. The van der Waals surface area contributed by atoms with Gasteiger partial charge in [0.15, 0.2) is 0 Å². The van der Waals surface area contributed by atoms with Crippen LogP contribution in [0.15, 0.2) is 22.7 Å². The Morgan fingerprint density at radius 1 is 1.50 bits per heavy atom. The predicted molar refractivity (Wildman–Crippen MR) is 82.3 cm³/mol. The Morgan fingerprint density at radius 2 is 2.20 bits per heavy atom. The van der Waals surface area contributed by atoms with Crippen LogP contribution in [0.3, 0.4) is 0 Å². The van der Waals surface area contributed by atoms with Crippen LogP contribution in [0, 0.1) is 16.7 Å². The van der Waals surface area contributed by atoms with Crippen LogP contribution in [0.25, 0.3) is 0 Å². The van der Waals surface area contributed by atoms with Gasteiger partial charge in [0.1, 0.15) is 6.07 Å². The quantitative estimate of drug-likeness (QED) is 0.892. The molecule has 1 aliphatic heterocycles. The smallest absolute Gasteiger partial charge is 0.230 e. The van der Waals surface area contributed by atoms with Crippen molar-refractivity contribution in [2.24, 2.45) is 5.41 Å². The number of amides is 1. The van der Waals surface area contributed by atoms with Crippen molar-refractivity contribution in [3.05, 3.63) is 28.2 Å². The summed E-state index contributed by atoms with van der Waals surface area (Å²) in [6.07, 6.45) is 2.49. The first-order valence-electron chi connectivity index (χ1n) is 6.83. The molecule has 0 aromatic heterocycles. The number of halogens is 1. The average molecular weight is 336 g/mol. The molecule has 0 radical (unpaired) electrons. The molecule has 2 rings (SSSR count). The maximum Gasteiger partial charge on any atom is 0.230 e. The molecule has 1 amide bonds. The highest BCUT2D eigenvalue weighted by atomic mass is 79.9. The normalized spacial score (nSPS) is 17.2. The summed E-state index contributed by atoms with van der Waals surface area (Å²) in [7, 11) is 0. The Kier molecular flexibility index (Phi) is 4.79. The number of nitrogens with zero attached hydrogens (tertiary/aromatic N) is 1. The van der Waals surface area contributed by atoms with E-state index in [0.717, 1.165) is 36.8 Å². The van der Waals surface area contributed by atoms with Gasteiger partial charge in [-0.15, -0.1) is 0 Å². The lowest BCUT2D eigenvalue weighted by Gasteiger charge is -2.35. The second-order valence-corrected chi connectivity index (χ2v) is 6.06. The highest BCUT2D eigenvalue weighted by molar-refractivity contribution is 9.10. The van der Waals surface area contributed by atoms with E-state index < -0.39 is 0 Å². The van der Waals surface area contributed by atoms with Crippen molar-refractivity contribution in [2.45, 2.75) is 26.2 Å². The van der Waals surface area contributed by atoms with Crippen LogP contribution in [-0.4, -0.2) is 19.0 Å². The zero-order chi connectivity index (χ0) is 14.6. The number of hydrogen-bond acceptors (Lipinski definition) is 3. The van der Waals surface area contributed by atoms with Crippen molar-refractivity contribution < 1.29 is 4.79 Å². The SMILES string of the molecule is CCC1(C(=O)Nc2cc(Br)ccc2C#N)CCNCC1. The summed E-state index contributed by atoms with van der Waals surface area (Å²) in [4.78, 5) is 12.6. The standard InChI is InChI=1S/C15H18BrN3O/c1-2-15(5-7-18-8-6-15)14(20)19-13-9-12(16)4-3-11(13)10-17/h3-4,9,18H,2,5-8H2,1H3,(H,19,20). The summed E-state index contributed by atoms with van der Waals surface area (Å²) in [5.41, 5.74) is 0.750. The summed E-state index contributed by atoms with van der Waals surface area (Å²) in [6.45, 7) is 3.78. The number of carbonyl (C=O) groups excluding carboxylic acids is 1. The van der Waals surface area contributed by atoms with Crippen molar-refractivity contribution in [3.63, 3.8) is 0 Å². The number of nitrogens with one attached hydrogen (secondary N) is 2. The molecule has 0 spiro atoms. The van der Waals surface area contributed by atoms with Crippen molar-refractivity contribution in [2.75, 3.05) is 18.4 Å². The largest absolute Gasteiger partial charge is 0.324 e. The molecule has 0 atom stereocenters. The summed E-state index contributed by atoms with van der Waals surface area (Å²) in [6, 6.07) is 7.40. The number of hydrogen-bond donors (Lipinski definition) is 2. The fourth-order valence-corrected chi connectivity index (χ4v) is 2.98. The second-order valence-electron chi connectivity index (χ2n) is 5.14. The molecule has 0 saturated carbocycles. The third-order valence-corrected chi connectivity index (χ3v) is 4.56. The molecule has 1 fully saturated rings. The maximum absolute atomic E-state index is 12.6. The van der Waals surface area contributed by atoms with Crippen molar-refractivity contribution >= 4 is 27.5 Å². The van der Waals surface area contributed by atoms with Crippen LogP contribution in [0.4, 0.5) is 5.69 Å². The minimum Gasteiger partial charge on any atom is -0.324 e. The Morgan fingerprint density at radius 3 is 2.80 bits per heavy atom. The molecule has 1 aromatic carbocycles. The minimum absolute atomic E-state index is 0.0242. The van der Waals surface area contributed by atoms with Crippen LogP contribution >= 0.6 is 15.9 Å². The third-order valence-electron chi connectivity index (χ3n) is 4.07. The van der Waals surface area contributed by atoms with Crippen molar-refractivity contribution in [3.8, 4) is 6.07 Å². The molecule has 5 heteroatoms. The lowest BCUT2D eigenvalue weighted by molar-refractivity contribution is -0.127. The molecule has 106 valence electrons. The lowest BCUT2D eigenvalue weighted by atomic mass is 9.76. The predicted octanol–water partition coefficient (Wildman–Crippen LogP) is 3.04. The van der Waals surface area contributed by atoms with Crippen molar-refractivity contribution in [1.82, 2.24) is 5.32 Å². The number of anilines is 1. The lowest BCUT2D eigenvalue weighted by Crippen LogP contribution is -2.44. The minimum atomic E-state index is -0.319. The highest BCUT2D eigenvalue weighted by Gasteiger charge is 2.37. The van der Waals surface area contributed by atoms with Crippen molar-refractivity contribution in [1.29, 1.82) is 5.26 Å². The number of piperidine rings is 1. The van der Waals surface area contributed by atoms with Gasteiger partial charge in [0.2, 0.25) is 5.91 Å². The Bertz CT molecular complexity index is 545. The third kappa shape index (κ3) is 3.02. The first-order valence-corrected chi connectivity index (χ1v) is 7.62. The second kappa shape index (κ2) is 6.38. The van der Waals surface area contributed by atoms with Gasteiger partial charge in [-0.1, -0.05) is 22.9 Å². The number of nitriles is 1. The molecule has 1 heterocycles. The van der Waals surface area contributed by atoms with E-state index in [1.807, 2.05) is 0 Å². The van der Waals surface area contributed by atoms with Gasteiger partial charge in [-0.3, -0.25) is 4.79 Å². The van der Waals surface area contributed by atoms with E-state index in [4.69, 9.17) is 5.26 Å². The van der Waals surface area contributed by atoms with E-state index in [1.54, 1.807) is 18.2 Å². The molecule has 1 saturated heterocycles. The van der Waals surface area contributed by atoms with Crippen LogP contribution in [-0.2, 0) is 4.79 Å². The van der Waals surface area contributed by atoms with Gasteiger partial charge in [0.25, 0.3) is 0 Å². The summed E-state index contributed by atoms with van der Waals surface area (Å²) < 4.78 is 0.850. The summed E-state index contributed by atoms with van der Waals surface area (Å²) in [5, 5.41) is 15.4. The van der Waals surface area contributed by atoms with Gasteiger partial charge >= 0.3 is 0 Å². The summed E-state index contributed by atoms with van der Waals surface area (Å²) >= 11 is 3.37. The Hall–Kier alpha value is -1.38. The molecule has 1 aromatic rings. The summed E-state index contributed by atoms with van der Waals surface area (Å²) in [5.74, 6) is 0.0242. The van der Waals surface area contributed by atoms with E-state index in [-0.39, 0.29) is 11.3 Å². The van der Waals surface area contributed by atoms with E-state index in [0.29, 0.717) is 11.3 Å². The zero-order valence-corrected chi connectivity index (χ0v) is 13.1. The van der Waals surface area contributed by atoms with Gasteiger partial charge in [-0.2, -0.15) is 5.26 Å². The van der Waals surface area contributed by atoms with E-state index >= 15 is 0 Å². The monoisotopic (exact) mass is 335 g/mol. The maximum atomic E-state index is 12.6. The first-order chi connectivity index (χ1) is 9.61. The van der Waals surface area contributed by atoms with Gasteiger partial charge in [-0.05, 0) is 50.6 Å². The molecule has 0 unspecified atom stereocenters. The molecule has 1 aliphatic rings. The topological polar surface area (TPSA) is 64.9 Å². The van der Waals surface area contributed by atoms with Gasteiger partial charge in [0.05, 0.1) is 16.7 Å². The van der Waals surface area contributed by atoms with Crippen LogP contribution in [0.5, 0.6) is 0 Å². The van der Waals surface area contributed by atoms with Crippen LogP contribution in [0.1, 0.15) is 31.7 Å². The number of benzene rings is 1. The number of carbonyl (C=O) groups is 1. The fourth-order valence-electron chi connectivity index (χ4n) is 2.62. The van der Waals surface area contributed by atoms with E-state index in [2.05, 4.69) is 39.6 Å². The molecular weight excluding hydrogens is 318 g/mol. The molecule has 2 N–H and O–H groups in total. The molecule has 0 aliphatic carbocycles. The van der Waals surface area contributed by atoms with Crippen LogP contribution < -0.4 is 10.6 Å². The Balaban J connectivity index is 2.23. The molecule has 20 heavy (non-hydrogen) atoms. The van der Waals surface area contributed by atoms with Crippen LogP contribution in [0.2, 0.25) is 0 Å². The number of rotatable bonds is 3. The molecule has 4 nitrogen and oxygen atoms in total. The van der Waals surface area contributed by atoms with Gasteiger partial charge in [-0.25, -0.2) is 0 Å². The molecule has 0 bridgehead atoms. The van der Waals surface area contributed by atoms with Gasteiger partial charge < -0.3 is 10.6 Å². The fraction of sp³-hybridized carbons (Fsp3) is 0.467. The highest BCUT2D eigenvalue weighted by Crippen LogP contribution is 2.34. The first kappa shape index (κ1) is 15.0. The average Bonchev–Trinajstić information content (AvgIpc) is 2.48. The van der Waals surface area contributed by atoms with Gasteiger partial charge in [0, 0.05) is 4.47 Å².